The molecule has 0 aliphatic heterocycles. The maximum absolute atomic E-state index is 13.4. The van der Waals surface area contributed by atoms with Crippen molar-refractivity contribution in [3.8, 4) is 17.2 Å². The number of hydrogen-bond acceptors (Lipinski definition) is 7. The molecule has 0 heterocycles. The Morgan fingerprint density at radius 1 is 0.919 bits per heavy atom. The number of hydrazone groups is 1. The van der Waals surface area contributed by atoms with Gasteiger partial charge in [-0.05, 0) is 43.7 Å². The van der Waals surface area contributed by atoms with Gasteiger partial charge in [0.25, 0.3) is 5.91 Å². The minimum Gasteiger partial charge on any atom is -0.493 e. The van der Waals surface area contributed by atoms with Crippen molar-refractivity contribution in [3.05, 3.63) is 82.9 Å². The second-order valence-corrected chi connectivity index (χ2v) is 10.2. The lowest BCUT2D eigenvalue weighted by molar-refractivity contribution is -0.121. The Kier molecular flexibility index (Phi) is 9.26. The van der Waals surface area contributed by atoms with E-state index >= 15 is 0 Å². The number of carbonyl (C=O) groups excluding carboxylic acids is 1. The molecule has 3 rings (SSSR count). The molecule has 9 nitrogen and oxygen atoms in total. The van der Waals surface area contributed by atoms with Crippen LogP contribution in [0.3, 0.4) is 0 Å². The van der Waals surface area contributed by atoms with E-state index < -0.39 is 22.5 Å². The largest absolute Gasteiger partial charge is 0.493 e. The normalized spacial score (nSPS) is 11.5. The van der Waals surface area contributed by atoms with Crippen LogP contribution in [0.5, 0.6) is 17.2 Å². The van der Waals surface area contributed by atoms with Crippen molar-refractivity contribution < 1.29 is 27.4 Å². The minimum atomic E-state index is -3.96. The molecule has 0 radical (unpaired) electrons. The van der Waals surface area contributed by atoms with E-state index in [1.165, 1.54) is 39.7 Å². The molecule has 1 N–H and O–H groups in total. The second kappa shape index (κ2) is 12.4. The molecule has 0 aliphatic carbocycles. The monoisotopic (exact) mass is 525 g/mol. The van der Waals surface area contributed by atoms with Crippen molar-refractivity contribution >= 4 is 22.1 Å². The number of hydrogen-bond donors (Lipinski definition) is 1. The zero-order valence-electron chi connectivity index (χ0n) is 21.5. The van der Waals surface area contributed by atoms with Gasteiger partial charge in [0, 0.05) is 12.1 Å². The zero-order chi connectivity index (χ0) is 27.0. The number of carbonyl (C=O) groups is 1. The van der Waals surface area contributed by atoms with Gasteiger partial charge in [0.1, 0.15) is 0 Å². The Bertz CT molecular complexity index is 1370. The van der Waals surface area contributed by atoms with Gasteiger partial charge in [0.2, 0.25) is 15.8 Å². The lowest BCUT2D eigenvalue weighted by Crippen LogP contribution is -2.39. The van der Waals surface area contributed by atoms with Crippen molar-refractivity contribution in [2.75, 3.05) is 27.9 Å². The maximum atomic E-state index is 13.4. The number of nitrogens with zero attached hydrogens (tertiary/aromatic N) is 2. The number of rotatable bonds is 11. The third-order valence-corrected chi connectivity index (χ3v) is 7.35. The fourth-order valence-corrected chi connectivity index (χ4v) is 5.08. The molecule has 0 saturated heterocycles. The van der Waals surface area contributed by atoms with Gasteiger partial charge < -0.3 is 14.2 Å². The number of sulfonamides is 1. The number of methoxy groups -OCH3 is 3. The third kappa shape index (κ3) is 6.87. The van der Waals surface area contributed by atoms with Gasteiger partial charge in [-0.25, -0.2) is 13.8 Å². The lowest BCUT2D eigenvalue weighted by Gasteiger charge is -2.22. The molecule has 0 atom stereocenters. The molecule has 0 unspecified atom stereocenters. The van der Waals surface area contributed by atoms with Crippen molar-refractivity contribution in [2.45, 2.75) is 25.3 Å². The van der Waals surface area contributed by atoms with Crippen LogP contribution in [0.25, 0.3) is 0 Å². The molecular formula is C27H31N3O6S. The first-order chi connectivity index (χ1) is 17.7. The van der Waals surface area contributed by atoms with Gasteiger partial charge in [-0.3, -0.25) is 4.79 Å². The van der Waals surface area contributed by atoms with Crippen LogP contribution in [0.4, 0.5) is 0 Å². The highest BCUT2D eigenvalue weighted by molar-refractivity contribution is 7.89. The van der Waals surface area contributed by atoms with E-state index in [0.717, 1.165) is 21.0 Å². The van der Waals surface area contributed by atoms with Crippen LogP contribution < -0.4 is 19.6 Å². The molecule has 37 heavy (non-hydrogen) atoms. The molecule has 0 aromatic heterocycles. The van der Waals surface area contributed by atoms with Gasteiger partial charge >= 0.3 is 0 Å². The molecule has 3 aromatic rings. The summed E-state index contributed by atoms with van der Waals surface area (Å²) in [7, 11) is 0.519. The Morgan fingerprint density at radius 2 is 1.62 bits per heavy atom. The van der Waals surface area contributed by atoms with Crippen LogP contribution in [0.2, 0.25) is 0 Å². The van der Waals surface area contributed by atoms with Crippen molar-refractivity contribution in [2.24, 2.45) is 5.10 Å². The summed E-state index contributed by atoms with van der Waals surface area (Å²) in [6.07, 6.45) is 1.39. The highest BCUT2D eigenvalue weighted by atomic mass is 32.2. The molecule has 0 saturated carbocycles. The molecule has 0 fully saturated rings. The average Bonchev–Trinajstić information content (AvgIpc) is 2.88. The first kappa shape index (κ1) is 27.7. The van der Waals surface area contributed by atoms with E-state index in [-0.39, 0.29) is 11.4 Å². The summed E-state index contributed by atoms with van der Waals surface area (Å²) in [6.45, 7) is 3.40. The van der Waals surface area contributed by atoms with Gasteiger partial charge in [0.05, 0.1) is 39.0 Å². The van der Waals surface area contributed by atoms with Crippen LogP contribution in [0.1, 0.15) is 22.3 Å². The molecule has 3 aromatic carbocycles. The fourth-order valence-electron chi connectivity index (χ4n) is 3.69. The first-order valence-electron chi connectivity index (χ1n) is 11.4. The number of amides is 1. The molecule has 1 amide bonds. The smallest absolute Gasteiger partial charge is 0.255 e. The number of benzene rings is 3. The van der Waals surface area contributed by atoms with E-state index in [2.05, 4.69) is 10.5 Å². The number of aryl methyl sites for hydroxylation is 2. The van der Waals surface area contributed by atoms with Crippen molar-refractivity contribution in [1.82, 2.24) is 9.73 Å². The Hall–Kier alpha value is -3.89. The van der Waals surface area contributed by atoms with Crippen LogP contribution in [-0.4, -0.2) is 52.7 Å². The summed E-state index contributed by atoms with van der Waals surface area (Å²) >= 11 is 0. The molecular weight excluding hydrogens is 494 g/mol. The lowest BCUT2D eigenvalue weighted by atomic mass is 10.1. The van der Waals surface area contributed by atoms with E-state index in [4.69, 9.17) is 14.2 Å². The first-order valence-corrected chi connectivity index (χ1v) is 12.9. The molecule has 10 heteroatoms. The average molecular weight is 526 g/mol. The number of ether oxygens (including phenoxy) is 3. The summed E-state index contributed by atoms with van der Waals surface area (Å²) in [6, 6.07) is 17.4. The summed E-state index contributed by atoms with van der Waals surface area (Å²) in [5, 5.41) is 4.00. The standard InChI is InChI=1S/C27H31N3O6S/c1-19-9-12-23(13-10-19)37(32,33)30(17-21-8-6-7-20(2)15-21)18-25(31)29-28-16-22-11-14-24(34-3)27(36-5)26(22)35-4/h6-16H,17-18H2,1-5H3,(H,29,31)/b28-16-. The minimum absolute atomic E-state index is 0.0263. The van der Waals surface area contributed by atoms with Crippen LogP contribution in [0.15, 0.2) is 70.7 Å². The fraction of sp³-hybridized carbons (Fsp3) is 0.259. The predicted octanol–water partition coefficient (Wildman–Crippen LogP) is 3.67. The summed E-state index contributed by atoms with van der Waals surface area (Å²) in [5.41, 5.74) is 5.62. The van der Waals surface area contributed by atoms with E-state index in [9.17, 15) is 13.2 Å². The SMILES string of the molecule is COc1ccc(/C=N\NC(=O)CN(Cc2cccc(C)c2)S(=O)(=O)c2ccc(C)cc2)c(OC)c1OC. The van der Waals surface area contributed by atoms with Crippen LogP contribution in [0, 0.1) is 13.8 Å². The Balaban J connectivity index is 1.82. The molecule has 0 bridgehead atoms. The summed E-state index contributed by atoms with van der Waals surface area (Å²) in [5.74, 6) is 0.643. The molecule has 196 valence electrons. The third-order valence-electron chi connectivity index (χ3n) is 5.55. The summed E-state index contributed by atoms with van der Waals surface area (Å²) in [4.78, 5) is 12.9. The number of nitrogens with one attached hydrogen (secondary N) is 1. The quantitative estimate of drug-likeness (QED) is 0.302. The molecule has 0 aliphatic rings. The second-order valence-electron chi connectivity index (χ2n) is 8.29. The van der Waals surface area contributed by atoms with Gasteiger partial charge in [-0.15, -0.1) is 0 Å². The van der Waals surface area contributed by atoms with E-state index in [1.54, 1.807) is 24.3 Å². The van der Waals surface area contributed by atoms with Crippen molar-refractivity contribution in [1.29, 1.82) is 0 Å². The van der Waals surface area contributed by atoms with Crippen LogP contribution in [-0.2, 0) is 21.4 Å². The van der Waals surface area contributed by atoms with Gasteiger partial charge in [-0.2, -0.15) is 9.41 Å². The van der Waals surface area contributed by atoms with Crippen molar-refractivity contribution in [3.63, 3.8) is 0 Å². The highest BCUT2D eigenvalue weighted by Crippen LogP contribution is 2.38. The Morgan fingerprint density at radius 3 is 2.24 bits per heavy atom. The van der Waals surface area contributed by atoms with Gasteiger partial charge in [-0.1, -0.05) is 47.5 Å². The topological polar surface area (TPSA) is 107 Å². The highest BCUT2D eigenvalue weighted by Gasteiger charge is 2.27. The predicted molar refractivity (Wildman–Crippen MR) is 142 cm³/mol. The summed E-state index contributed by atoms with van der Waals surface area (Å²) < 4.78 is 44.1. The zero-order valence-corrected chi connectivity index (χ0v) is 22.3. The van der Waals surface area contributed by atoms with E-state index in [1.807, 2.05) is 38.1 Å². The maximum Gasteiger partial charge on any atom is 0.255 e. The van der Waals surface area contributed by atoms with E-state index in [0.29, 0.717) is 22.8 Å². The van der Waals surface area contributed by atoms with Gasteiger partial charge in [0.15, 0.2) is 11.5 Å². The van der Waals surface area contributed by atoms with Crippen LogP contribution >= 0.6 is 0 Å². The molecule has 0 spiro atoms. The Labute approximate surface area is 217 Å².